The molecule has 3 nitrogen and oxygen atoms in total. The van der Waals surface area contributed by atoms with Crippen molar-refractivity contribution in [2.45, 2.75) is 0 Å². The predicted molar refractivity (Wildman–Crippen MR) is 58.6 cm³/mol. The van der Waals surface area contributed by atoms with Crippen LogP contribution in [0.1, 0.15) is 0 Å². The van der Waals surface area contributed by atoms with Crippen LogP contribution in [0.15, 0.2) is 22.0 Å². The molecule has 2 aromatic heterocycles. The second-order valence-corrected chi connectivity index (χ2v) is 4.53. The van der Waals surface area contributed by atoms with Gasteiger partial charge in [0.05, 0.1) is 10.6 Å². The maximum Gasteiger partial charge on any atom is 0.146 e. The lowest BCUT2D eigenvalue weighted by Crippen LogP contribution is -1.93. The first-order valence-electron chi connectivity index (χ1n) is 3.71. The van der Waals surface area contributed by atoms with E-state index >= 15 is 0 Å². The van der Waals surface area contributed by atoms with Gasteiger partial charge in [-0.25, -0.2) is 0 Å². The number of hydrogen-bond acceptors (Lipinski definition) is 3. The highest BCUT2D eigenvalue weighted by Gasteiger charge is 2.07. The van der Waals surface area contributed by atoms with Gasteiger partial charge in [0.25, 0.3) is 0 Å². The van der Waals surface area contributed by atoms with Gasteiger partial charge in [0.2, 0.25) is 0 Å². The van der Waals surface area contributed by atoms with Gasteiger partial charge in [-0.3, -0.25) is 4.68 Å². The molecule has 0 saturated carbocycles. The minimum absolute atomic E-state index is 0.557. The first-order valence-corrected chi connectivity index (χ1v) is 5.38. The largest absolute Gasteiger partial charge is 0.382 e. The lowest BCUT2D eigenvalue weighted by molar-refractivity contribution is 0.782. The van der Waals surface area contributed by atoms with Crippen LogP contribution < -0.4 is 5.73 Å². The SMILES string of the molecule is Cn1nc(N)cc1-c1cc(Br)cs1. The maximum absolute atomic E-state index is 5.58. The zero-order valence-corrected chi connectivity index (χ0v) is 9.39. The van der Waals surface area contributed by atoms with E-state index in [1.54, 1.807) is 16.0 Å². The van der Waals surface area contributed by atoms with Crippen molar-refractivity contribution in [1.82, 2.24) is 9.78 Å². The Kier molecular flexibility index (Phi) is 2.13. The van der Waals surface area contributed by atoms with Crippen LogP contribution >= 0.6 is 27.3 Å². The summed E-state index contributed by atoms with van der Waals surface area (Å²) in [5.74, 6) is 0.557. The number of aryl methyl sites for hydroxylation is 1. The second-order valence-electron chi connectivity index (χ2n) is 2.71. The third-order valence-electron chi connectivity index (χ3n) is 1.72. The molecule has 2 heterocycles. The van der Waals surface area contributed by atoms with Crippen molar-refractivity contribution in [3.63, 3.8) is 0 Å². The fourth-order valence-electron chi connectivity index (χ4n) is 1.17. The molecule has 0 aliphatic heterocycles. The quantitative estimate of drug-likeness (QED) is 0.854. The first-order chi connectivity index (χ1) is 6.16. The minimum Gasteiger partial charge on any atom is -0.382 e. The number of halogens is 1. The highest BCUT2D eigenvalue weighted by molar-refractivity contribution is 9.10. The van der Waals surface area contributed by atoms with Crippen LogP contribution in [-0.2, 0) is 7.05 Å². The molecular formula is C8H8BrN3S. The zero-order valence-electron chi connectivity index (χ0n) is 6.99. The number of aromatic nitrogens is 2. The number of hydrogen-bond donors (Lipinski definition) is 1. The van der Waals surface area contributed by atoms with Gasteiger partial charge >= 0.3 is 0 Å². The zero-order chi connectivity index (χ0) is 9.42. The van der Waals surface area contributed by atoms with Crippen molar-refractivity contribution in [1.29, 1.82) is 0 Å². The van der Waals surface area contributed by atoms with Crippen molar-refractivity contribution in [3.8, 4) is 10.6 Å². The number of thiophene rings is 1. The second kappa shape index (κ2) is 3.16. The standard InChI is InChI=1S/C8H8BrN3S/c1-12-6(3-8(10)11-12)7-2-5(9)4-13-7/h2-4H,1H3,(H2,10,11). The van der Waals surface area contributed by atoms with Gasteiger partial charge in [-0.2, -0.15) is 5.10 Å². The molecule has 2 aromatic rings. The molecule has 0 spiro atoms. The van der Waals surface area contributed by atoms with E-state index in [4.69, 9.17) is 5.73 Å². The summed E-state index contributed by atoms with van der Waals surface area (Å²) in [6.07, 6.45) is 0. The lowest BCUT2D eigenvalue weighted by atomic mass is 10.3. The Morgan fingerprint density at radius 2 is 2.31 bits per heavy atom. The number of anilines is 1. The van der Waals surface area contributed by atoms with Crippen LogP contribution in [0.5, 0.6) is 0 Å². The Morgan fingerprint density at radius 1 is 1.54 bits per heavy atom. The molecule has 0 unspecified atom stereocenters. The minimum atomic E-state index is 0.557. The van der Waals surface area contributed by atoms with E-state index in [0.29, 0.717) is 5.82 Å². The van der Waals surface area contributed by atoms with Gasteiger partial charge in [0.15, 0.2) is 0 Å². The molecule has 0 bridgehead atoms. The summed E-state index contributed by atoms with van der Waals surface area (Å²) in [7, 11) is 1.89. The summed E-state index contributed by atoms with van der Waals surface area (Å²) >= 11 is 5.08. The van der Waals surface area contributed by atoms with Crippen LogP contribution in [0.3, 0.4) is 0 Å². The fourth-order valence-corrected chi connectivity index (χ4v) is 2.64. The Morgan fingerprint density at radius 3 is 2.77 bits per heavy atom. The molecule has 0 aliphatic carbocycles. The Hall–Kier alpha value is -0.810. The van der Waals surface area contributed by atoms with Crippen LogP contribution in [0.25, 0.3) is 10.6 Å². The van der Waals surface area contributed by atoms with Gasteiger partial charge in [0.1, 0.15) is 5.82 Å². The number of nitrogens with zero attached hydrogens (tertiary/aromatic N) is 2. The normalized spacial score (nSPS) is 10.6. The monoisotopic (exact) mass is 257 g/mol. The predicted octanol–water partition coefficient (Wildman–Crippen LogP) is 2.49. The molecule has 0 saturated heterocycles. The van der Waals surface area contributed by atoms with Crippen LogP contribution in [0.2, 0.25) is 0 Å². The summed E-state index contributed by atoms with van der Waals surface area (Å²) < 4.78 is 2.88. The van der Waals surface area contributed by atoms with Crippen LogP contribution in [0, 0.1) is 0 Å². The van der Waals surface area contributed by atoms with Gasteiger partial charge < -0.3 is 5.73 Å². The van der Waals surface area contributed by atoms with E-state index in [1.165, 1.54) is 4.88 Å². The van der Waals surface area contributed by atoms with Crippen molar-refractivity contribution >= 4 is 33.1 Å². The molecule has 13 heavy (non-hydrogen) atoms. The molecule has 0 aromatic carbocycles. The lowest BCUT2D eigenvalue weighted by Gasteiger charge is -1.95. The molecular weight excluding hydrogens is 250 g/mol. The number of nitrogens with two attached hydrogens (primary N) is 1. The molecule has 0 aliphatic rings. The third kappa shape index (κ3) is 1.62. The molecule has 2 N–H and O–H groups in total. The smallest absolute Gasteiger partial charge is 0.146 e. The summed E-state index contributed by atoms with van der Waals surface area (Å²) in [5.41, 5.74) is 6.63. The summed E-state index contributed by atoms with van der Waals surface area (Å²) in [5, 5.41) is 6.12. The maximum atomic E-state index is 5.58. The Balaban J connectivity index is 2.51. The molecule has 5 heteroatoms. The van der Waals surface area contributed by atoms with Crippen LogP contribution in [0.4, 0.5) is 5.82 Å². The summed E-state index contributed by atoms with van der Waals surface area (Å²) in [4.78, 5) is 1.17. The average molecular weight is 258 g/mol. The molecule has 0 amide bonds. The average Bonchev–Trinajstić information content (AvgIpc) is 2.58. The fraction of sp³-hybridized carbons (Fsp3) is 0.125. The topological polar surface area (TPSA) is 43.8 Å². The van der Waals surface area contributed by atoms with Crippen molar-refractivity contribution in [3.05, 3.63) is 22.0 Å². The molecule has 68 valence electrons. The van der Waals surface area contributed by atoms with Gasteiger partial charge in [-0.15, -0.1) is 11.3 Å². The third-order valence-corrected chi connectivity index (χ3v) is 3.43. The summed E-state index contributed by atoms with van der Waals surface area (Å²) in [6.45, 7) is 0. The highest BCUT2D eigenvalue weighted by atomic mass is 79.9. The summed E-state index contributed by atoms with van der Waals surface area (Å²) in [6, 6.07) is 3.93. The molecule has 2 rings (SSSR count). The van der Waals surface area contributed by atoms with E-state index in [-0.39, 0.29) is 0 Å². The van der Waals surface area contributed by atoms with Crippen molar-refractivity contribution < 1.29 is 0 Å². The molecule has 0 atom stereocenters. The molecule has 0 radical (unpaired) electrons. The van der Waals surface area contributed by atoms with Gasteiger partial charge in [0, 0.05) is 23.0 Å². The first kappa shape index (κ1) is 8.77. The Labute approximate surface area is 88.3 Å². The number of rotatable bonds is 1. The Bertz CT molecular complexity index is 432. The van der Waals surface area contributed by atoms with E-state index in [0.717, 1.165) is 10.2 Å². The van der Waals surface area contributed by atoms with Crippen LogP contribution in [-0.4, -0.2) is 9.78 Å². The molecule has 0 fully saturated rings. The highest BCUT2D eigenvalue weighted by Crippen LogP contribution is 2.30. The number of nitrogen functional groups attached to an aromatic ring is 1. The van der Waals surface area contributed by atoms with E-state index in [9.17, 15) is 0 Å². The van der Waals surface area contributed by atoms with E-state index in [1.807, 2.05) is 18.5 Å². The van der Waals surface area contributed by atoms with Gasteiger partial charge in [-0.05, 0) is 22.0 Å². The van der Waals surface area contributed by atoms with Crippen molar-refractivity contribution in [2.75, 3.05) is 5.73 Å². The van der Waals surface area contributed by atoms with E-state index < -0.39 is 0 Å². The van der Waals surface area contributed by atoms with E-state index in [2.05, 4.69) is 27.1 Å². The van der Waals surface area contributed by atoms with Crippen molar-refractivity contribution in [2.24, 2.45) is 7.05 Å². The van der Waals surface area contributed by atoms with Gasteiger partial charge in [-0.1, -0.05) is 0 Å².